The van der Waals surface area contributed by atoms with Crippen molar-refractivity contribution in [2.75, 3.05) is 81.8 Å². The lowest BCUT2D eigenvalue weighted by Gasteiger charge is -2.35. The van der Waals surface area contributed by atoms with Gasteiger partial charge in [0.1, 0.15) is 25.9 Å². The molecular formula is C31H51N9O5. The molecule has 1 aromatic carbocycles. The molecule has 0 amide bonds. The lowest BCUT2D eigenvalue weighted by Crippen LogP contribution is -2.54. The van der Waals surface area contributed by atoms with Crippen molar-refractivity contribution in [3.8, 4) is 5.75 Å². The van der Waals surface area contributed by atoms with E-state index in [9.17, 15) is 5.11 Å². The number of nitrogens with zero attached hydrogens (tertiary/aromatic N) is 7. The number of rotatable bonds is 18. The molecule has 2 aliphatic heterocycles. The normalized spacial score (nSPS) is 16.8. The van der Waals surface area contributed by atoms with E-state index in [-0.39, 0.29) is 12.1 Å². The molecule has 45 heavy (non-hydrogen) atoms. The topological polar surface area (TPSA) is 131 Å². The summed E-state index contributed by atoms with van der Waals surface area (Å²) < 4.78 is 22.2. The predicted molar refractivity (Wildman–Crippen MR) is 177 cm³/mol. The van der Waals surface area contributed by atoms with Gasteiger partial charge in [-0.1, -0.05) is 38.1 Å². The molecule has 1 unspecified atom stereocenters. The van der Waals surface area contributed by atoms with Crippen LogP contribution in [0, 0.1) is 0 Å². The van der Waals surface area contributed by atoms with Crippen molar-refractivity contribution in [1.29, 1.82) is 0 Å². The van der Waals surface area contributed by atoms with Gasteiger partial charge in [-0.15, -0.1) is 6.58 Å². The molecule has 14 nitrogen and oxygen atoms in total. The highest BCUT2D eigenvalue weighted by molar-refractivity contribution is 5.99. The molecule has 0 radical (unpaired) electrons. The van der Waals surface area contributed by atoms with E-state index in [1.165, 1.54) is 5.56 Å². The van der Waals surface area contributed by atoms with Crippen LogP contribution in [0.1, 0.15) is 31.4 Å². The van der Waals surface area contributed by atoms with Crippen LogP contribution in [0.2, 0.25) is 0 Å². The highest BCUT2D eigenvalue weighted by Crippen LogP contribution is 2.32. The first-order valence-electron chi connectivity index (χ1n) is 15.0. The molecular weight excluding hydrogens is 578 g/mol. The number of guanidine groups is 2. The van der Waals surface area contributed by atoms with Crippen LogP contribution in [-0.4, -0.2) is 131 Å². The summed E-state index contributed by atoms with van der Waals surface area (Å²) in [4.78, 5) is 21.5. The van der Waals surface area contributed by atoms with Gasteiger partial charge in [0.15, 0.2) is 6.73 Å². The summed E-state index contributed by atoms with van der Waals surface area (Å²) in [6.45, 7) is 11.8. The van der Waals surface area contributed by atoms with Crippen molar-refractivity contribution in [3.05, 3.63) is 54.1 Å². The van der Waals surface area contributed by atoms with Crippen molar-refractivity contribution in [2.24, 2.45) is 15.0 Å². The maximum absolute atomic E-state index is 9.36. The van der Waals surface area contributed by atoms with Crippen molar-refractivity contribution < 1.29 is 24.1 Å². The van der Waals surface area contributed by atoms with Crippen LogP contribution in [0.15, 0.2) is 58.0 Å². The summed E-state index contributed by atoms with van der Waals surface area (Å²) in [6, 6.07) is 6.37. The molecule has 1 aromatic rings. The Morgan fingerprint density at radius 2 is 2.00 bits per heavy atom. The van der Waals surface area contributed by atoms with E-state index < -0.39 is 6.29 Å². The minimum atomic E-state index is -0.586. The second-order valence-electron chi connectivity index (χ2n) is 11.4. The number of hydrogen-bond donors (Lipinski definition) is 3. The molecule has 0 saturated carbocycles. The Balaban J connectivity index is 1.63. The second-order valence-corrected chi connectivity index (χ2v) is 11.4. The molecule has 3 rings (SSSR count). The number of fused-ring (bicyclic) bond motifs is 1. The fourth-order valence-corrected chi connectivity index (χ4v) is 4.64. The molecule has 0 fully saturated rings. The third-order valence-electron chi connectivity index (χ3n) is 7.01. The fraction of sp³-hybridized carbons (Fsp3) is 0.581. The maximum atomic E-state index is 9.36. The first-order chi connectivity index (χ1) is 21.7. The zero-order chi connectivity index (χ0) is 32.7. The monoisotopic (exact) mass is 629 g/mol. The third-order valence-corrected chi connectivity index (χ3v) is 7.01. The highest BCUT2D eigenvalue weighted by Gasteiger charge is 2.27. The van der Waals surface area contributed by atoms with Gasteiger partial charge in [-0.05, 0) is 24.1 Å². The van der Waals surface area contributed by atoms with Crippen LogP contribution >= 0.6 is 0 Å². The van der Waals surface area contributed by atoms with Gasteiger partial charge in [-0.25, -0.2) is 14.9 Å². The average Bonchev–Trinajstić information content (AvgIpc) is 3.02. The number of methoxy groups -OCH3 is 2. The van der Waals surface area contributed by atoms with E-state index in [1.54, 1.807) is 20.3 Å². The molecule has 0 spiro atoms. The number of aliphatic hydroxyl groups excluding tert-OH is 1. The number of aliphatic hydroxyl groups is 1. The number of benzene rings is 1. The van der Waals surface area contributed by atoms with E-state index in [2.05, 4.69) is 70.3 Å². The van der Waals surface area contributed by atoms with Crippen LogP contribution < -0.4 is 15.4 Å². The van der Waals surface area contributed by atoms with Gasteiger partial charge in [0, 0.05) is 45.8 Å². The molecule has 0 bridgehead atoms. The Kier molecular flexibility index (Phi) is 14.7. The summed E-state index contributed by atoms with van der Waals surface area (Å²) in [5.41, 5.74) is 2.04. The van der Waals surface area contributed by atoms with Crippen LogP contribution in [0.5, 0.6) is 5.75 Å². The van der Waals surface area contributed by atoms with Crippen LogP contribution in [0.4, 0.5) is 0 Å². The van der Waals surface area contributed by atoms with E-state index in [0.29, 0.717) is 58.7 Å². The summed E-state index contributed by atoms with van der Waals surface area (Å²) in [5, 5.41) is 15.5. The van der Waals surface area contributed by atoms with Crippen LogP contribution in [0.3, 0.4) is 0 Å². The van der Waals surface area contributed by atoms with Gasteiger partial charge in [0.2, 0.25) is 18.2 Å². The molecule has 2 heterocycles. The smallest absolute Gasteiger partial charge is 0.207 e. The average molecular weight is 630 g/mol. The predicted octanol–water partition coefficient (Wildman–Crippen LogP) is 1.72. The van der Waals surface area contributed by atoms with E-state index >= 15 is 0 Å². The van der Waals surface area contributed by atoms with E-state index in [0.717, 1.165) is 24.3 Å². The number of ether oxygens (including phenoxy) is 4. The Morgan fingerprint density at radius 1 is 1.22 bits per heavy atom. The third kappa shape index (κ3) is 11.4. The lowest BCUT2D eigenvalue weighted by molar-refractivity contribution is -0.0115. The quantitative estimate of drug-likeness (QED) is 0.0722. The van der Waals surface area contributed by atoms with Crippen molar-refractivity contribution in [2.45, 2.75) is 38.5 Å². The number of allylic oxidation sites excluding steroid dienone is 1. The Labute approximate surface area is 267 Å². The van der Waals surface area contributed by atoms with E-state index in [4.69, 9.17) is 18.9 Å². The van der Waals surface area contributed by atoms with Gasteiger partial charge in [-0.2, -0.15) is 0 Å². The van der Waals surface area contributed by atoms with Gasteiger partial charge in [0.05, 0.1) is 32.9 Å². The van der Waals surface area contributed by atoms with Crippen LogP contribution in [0.25, 0.3) is 0 Å². The minimum Gasteiger partial charge on any atom is -0.473 e. The van der Waals surface area contributed by atoms with Gasteiger partial charge in [0.25, 0.3) is 0 Å². The zero-order valence-electron chi connectivity index (χ0n) is 27.6. The SMILES string of the molecule is C=CCOCN(C=NCN(COC)COC)CC/C=C/C(C)(C)c1ccc2c(c1)CN(C1=NC(NCO)N=C(N(C)C)N1)CO2. The minimum absolute atomic E-state index is 0.210. The van der Waals surface area contributed by atoms with Gasteiger partial charge in [-0.3, -0.25) is 15.6 Å². The summed E-state index contributed by atoms with van der Waals surface area (Å²) in [7, 11) is 7.10. The standard InChI is InChI=1S/C31H51N9O5/c1-8-15-44-23-38(18-32-19-39(21-42-6)22-43-7)14-10-9-13-31(2,3)26-11-12-27-25(16-26)17-40(24-45-27)30-35-28(33-20-41)34-29(36-30)37(4)5/h8-9,11-13,16,18,28,33,41H,1,10,14-15,17,19-24H2,2-7H3,(H,34,35,36)/b13-9+,32-18?. The summed E-state index contributed by atoms with van der Waals surface area (Å²) in [5.74, 6) is 2.14. The molecule has 0 aliphatic carbocycles. The van der Waals surface area contributed by atoms with E-state index in [1.807, 2.05) is 46.1 Å². The Hall–Kier alpha value is -3.53. The number of hydrogen-bond acceptors (Lipinski definition) is 13. The summed E-state index contributed by atoms with van der Waals surface area (Å²) in [6.07, 6.45) is 8.23. The molecule has 1 atom stereocenters. The number of nitrogens with one attached hydrogen (secondary N) is 2. The number of aliphatic imine (C=N–C) groups is 3. The largest absolute Gasteiger partial charge is 0.473 e. The van der Waals surface area contributed by atoms with Gasteiger partial charge >= 0.3 is 0 Å². The van der Waals surface area contributed by atoms with Crippen LogP contribution in [-0.2, 0) is 26.2 Å². The maximum Gasteiger partial charge on any atom is 0.207 e. The molecule has 2 aliphatic rings. The molecule has 0 aromatic heterocycles. The molecule has 3 N–H and O–H groups in total. The zero-order valence-corrected chi connectivity index (χ0v) is 27.6. The van der Waals surface area contributed by atoms with Crippen molar-refractivity contribution in [1.82, 2.24) is 30.2 Å². The fourth-order valence-electron chi connectivity index (χ4n) is 4.64. The Morgan fingerprint density at radius 3 is 2.69 bits per heavy atom. The van der Waals surface area contributed by atoms with Crippen molar-refractivity contribution >= 4 is 18.3 Å². The first-order valence-corrected chi connectivity index (χ1v) is 15.0. The summed E-state index contributed by atoms with van der Waals surface area (Å²) >= 11 is 0. The Bertz CT molecular complexity index is 1180. The highest BCUT2D eigenvalue weighted by atomic mass is 16.5. The molecule has 0 saturated heterocycles. The van der Waals surface area contributed by atoms with Crippen molar-refractivity contribution in [3.63, 3.8) is 0 Å². The molecule has 250 valence electrons. The first kappa shape index (κ1) is 35.9. The van der Waals surface area contributed by atoms with Gasteiger partial charge < -0.3 is 38.8 Å². The second kappa shape index (κ2) is 18.4. The molecule has 14 heteroatoms. The lowest BCUT2D eigenvalue weighted by atomic mass is 9.83.